The van der Waals surface area contributed by atoms with Crippen LogP contribution in [0.1, 0.15) is 17.1 Å². The zero-order valence-corrected chi connectivity index (χ0v) is 11.7. The highest BCUT2D eigenvalue weighted by molar-refractivity contribution is 7.15. The second kappa shape index (κ2) is 5.17. The molecule has 0 saturated heterocycles. The maximum atomic E-state index is 4.53. The number of aryl methyl sites for hydroxylation is 1. The fraction of sp³-hybridized carbons (Fsp3) is 0.333. The molecule has 0 amide bonds. The molecule has 0 unspecified atom stereocenters. The van der Waals surface area contributed by atoms with Gasteiger partial charge in [-0.2, -0.15) is 0 Å². The number of nitrogens with zero attached hydrogens (tertiary/aromatic N) is 3. The van der Waals surface area contributed by atoms with E-state index >= 15 is 0 Å². The summed E-state index contributed by atoms with van der Waals surface area (Å²) in [5, 5.41) is 7.63. The number of imidazole rings is 1. The monoisotopic (exact) mass is 278 g/mol. The molecule has 3 heterocycles. The average Bonchev–Trinajstić information content (AvgIpc) is 3.03. The summed E-state index contributed by atoms with van der Waals surface area (Å²) in [5.41, 5.74) is 5.41. The number of nitrogens with one attached hydrogen (secondary N) is 1. The number of aromatic nitrogens is 3. The van der Waals surface area contributed by atoms with Crippen LogP contribution < -0.4 is 5.32 Å². The van der Waals surface area contributed by atoms with Crippen molar-refractivity contribution in [2.45, 2.75) is 19.9 Å². The van der Waals surface area contributed by atoms with E-state index in [9.17, 15) is 0 Å². The number of thiazole rings is 2. The van der Waals surface area contributed by atoms with Crippen molar-refractivity contribution in [2.24, 2.45) is 0 Å². The summed E-state index contributed by atoms with van der Waals surface area (Å²) < 4.78 is 2.16. The quantitative estimate of drug-likeness (QED) is 0.729. The third-order valence-electron chi connectivity index (χ3n) is 2.90. The molecule has 0 aliphatic rings. The molecule has 0 radical (unpaired) electrons. The van der Waals surface area contributed by atoms with E-state index in [0.29, 0.717) is 0 Å². The normalized spacial score (nSPS) is 11.4. The smallest absolute Gasteiger partial charge is 0.194 e. The van der Waals surface area contributed by atoms with E-state index in [4.69, 9.17) is 0 Å². The standard InChI is InChI=1S/C12H14N4S2/c1-9-11(16-4-5-18-12(16)15-9)6-13-3-2-10-7-17-8-14-10/h4-5,7-8,13H,2-3,6H2,1H3. The van der Waals surface area contributed by atoms with Crippen LogP contribution in [0.5, 0.6) is 0 Å². The molecular formula is C12H14N4S2. The molecule has 94 valence electrons. The van der Waals surface area contributed by atoms with Crippen LogP contribution in [0.25, 0.3) is 4.96 Å². The first-order chi connectivity index (χ1) is 8.84. The minimum Gasteiger partial charge on any atom is -0.311 e. The highest BCUT2D eigenvalue weighted by Crippen LogP contribution is 2.16. The fourth-order valence-electron chi connectivity index (χ4n) is 1.94. The SMILES string of the molecule is Cc1nc2sccn2c1CNCCc1cscn1. The lowest BCUT2D eigenvalue weighted by atomic mass is 10.3. The van der Waals surface area contributed by atoms with E-state index in [1.807, 2.05) is 5.51 Å². The zero-order valence-electron chi connectivity index (χ0n) is 10.1. The first-order valence-electron chi connectivity index (χ1n) is 5.83. The molecule has 3 rings (SSSR count). The Bertz CT molecular complexity index is 624. The number of rotatable bonds is 5. The topological polar surface area (TPSA) is 42.2 Å². The lowest BCUT2D eigenvalue weighted by molar-refractivity contribution is 0.664. The summed E-state index contributed by atoms with van der Waals surface area (Å²) in [6.45, 7) is 3.87. The summed E-state index contributed by atoms with van der Waals surface area (Å²) in [4.78, 5) is 9.88. The molecule has 0 aliphatic carbocycles. The molecule has 18 heavy (non-hydrogen) atoms. The fourth-order valence-corrected chi connectivity index (χ4v) is 3.31. The zero-order chi connectivity index (χ0) is 12.4. The van der Waals surface area contributed by atoms with E-state index < -0.39 is 0 Å². The Hall–Kier alpha value is -1.24. The van der Waals surface area contributed by atoms with Gasteiger partial charge in [-0.3, -0.25) is 4.40 Å². The summed E-state index contributed by atoms with van der Waals surface area (Å²) >= 11 is 3.32. The Morgan fingerprint density at radius 3 is 3.22 bits per heavy atom. The third-order valence-corrected chi connectivity index (χ3v) is 4.29. The van der Waals surface area contributed by atoms with Crippen molar-refractivity contribution in [2.75, 3.05) is 6.54 Å². The second-order valence-electron chi connectivity index (χ2n) is 4.11. The van der Waals surface area contributed by atoms with Gasteiger partial charge in [-0.25, -0.2) is 9.97 Å². The van der Waals surface area contributed by atoms with Gasteiger partial charge in [0.05, 0.1) is 22.6 Å². The lowest BCUT2D eigenvalue weighted by Gasteiger charge is -2.03. The van der Waals surface area contributed by atoms with E-state index in [1.54, 1.807) is 22.7 Å². The van der Waals surface area contributed by atoms with E-state index in [0.717, 1.165) is 35.9 Å². The minimum absolute atomic E-state index is 0.855. The first-order valence-corrected chi connectivity index (χ1v) is 7.65. The van der Waals surface area contributed by atoms with Crippen LogP contribution in [0.4, 0.5) is 0 Å². The summed E-state index contributed by atoms with van der Waals surface area (Å²) in [6.07, 6.45) is 3.06. The van der Waals surface area contributed by atoms with Crippen molar-refractivity contribution < 1.29 is 0 Å². The average molecular weight is 278 g/mol. The Morgan fingerprint density at radius 1 is 1.44 bits per heavy atom. The van der Waals surface area contributed by atoms with Crippen molar-refractivity contribution in [3.8, 4) is 0 Å². The van der Waals surface area contributed by atoms with E-state index in [2.05, 4.69) is 43.6 Å². The van der Waals surface area contributed by atoms with Gasteiger partial charge in [0, 0.05) is 36.5 Å². The molecule has 0 atom stereocenters. The van der Waals surface area contributed by atoms with E-state index in [-0.39, 0.29) is 0 Å². The summed E-state index contributed by atoms with van der Waals surface area (Å²) in [7, 11) is 0. The molecule has 0 fully saturated rings. The van der Waals surface area contributed by atoms with Crippen molar-refractivity contribution >= 4 is 27.6 Å². The maximum Gasteiger partial charge on any atom is 0.194 e. The van der Waals surface area contributed by atoms with Crippen LogP contribution in [-0.2, 0) is 13.0 Å². The van der Waals surface area contributed by atoms with Gasteiger partial charge >= 0.3 is 0 Å². The molecule has 0 saturated carbocycles. The van der Waals surface area contributed by atoms with Crippen LogP contribution in [0.2, 0.25) is 0 Å². The number of hydrogen-bond donors (Lipinski definition) is 1. The van der Waals surface area contributed by atoms with Crippen molar-refractivity contribution in [1.82, 2.24) is 19.7 Å². The predicted molar refractivity (Wildman–Crippen MR) is 75.3 cm³/mol. The van der Waals surface area contributed by atoms with E-state index in [1.165, 1.54) is 5.69 Å². The lowest BCUT2D eigenvalue weighted by Crippen LogP contribution is -2.18. The van der Waals surface area contributed by atoms with Gasteiger partial charge in [0.2, 0.25) is 0 Å². The van der Waals surface area contributed by atoms with Crippen molar-refractivity contribution in [1.29, 1.82) is 0 Å². The predicted octanol–water partition coefficient (Wildman–Crippen LogP) is 2.49. The van der Waals surface area contributed by atoms with Gasteiger partial charge in [0.25, 0.3) is 0 Å². The molecule has 6 heteroatoms. The Balaban J connectivity index is 1.59. The highest BCUT2D eigenvalue weighted by Gasteiger charge is 2.08. The van der Waals surface area contributed by atoms with Crippen molar-refractivity contribution in [3.05, 3.63) is 39.5 Å². The van der Waals surface area contributed by atoms with Crippen molar-refractivity contribution in [3.63, 3.8) is 0 Å². The summed E-state index contributed by atoms with van der Waals surface area (Å²) in [5.74, 6) is 0. The molecule has 0 bridgehead atoms. The molecule has 4 nitrogen and oxygen atoms in total. The third kappa shape index (κ3) is 2.31. The van der Waals surface area contributed by atoms with Gasteiger partial charge in [-0.15, -0.1) is 22.7 Å². The largest absolute Gasteiger partial charge is 0.311 e. The van der Waals surface area contributed by atoms with Gasteiger partial charge in [0.1, 0.15) is 0 Å². The number of fused-ring (bicyclic) bond motifs is 1. The van der Waals surface area contributed by atoms with Crippen LogP contribution in [0.3, 0.4) is 0 Å². The van der Waals surface area contributed by atoms with Gasteiger partial charge < -0.3 is 5.32 Å². The minimum atomic E-state index is 0.855. The van der Waals surface area contributed by atoms with Crippen LogP contribution >= 0.6 is 22.7 Å². The Labute approximate surface area is 113 Å². The first kappa shape index (κ1) is 11.8. The molecule has 3 aromatic rings. The van der Waals surface area contributed by atoms with Gasteiger partial charge in [-0.05, 0) is 6.92 Å². The number of hydrogen-bond acceptors (Lipinski definition) is 5. The molecule has 3 aromatic heterocycles. The molecular weight excluding hydrogens is 264 g/mol. The second-order valence-corrected chi connectivity index (χ2v) is 5.70. The molecule has 0 aliphatic heterocycles. The molecule has 0 spiro atoms. The molecule has 1 N–H and O–H groups in total. The van der Waals surface area contributed by atoms with Crippen LogP contribution in [0.15, 0.2) is 22.5 Å². The van der Waals surface area contributed by atoms with Gasteiger partial charge in [-0.1, -0.05) is 0 Å². The highest BCUT2D eigenvalue weighted by atomic mass is 32.1. The summed E-state index contributed by atoms with van der Waals surface area (Å²) in [6, 6.07) is 0. The van der Waals surface area contributed by atoms with Crippen LogP contribution in [0, 0.1) is 6.92 Å². The Kier molecular flexibility index (Phi) is 3.40. The Morgan fingerprint density at radius 2 is 2.39 bits per heavy atom. The maximum absolute atomic E-state index is 4.53. The van der Waals surface area contributed by atoms with Gasteiger partial charge in [0.15, 0.2) is 4.96 Å². The van der Waals surface area contributed by atoms with Crippen LogP contribution in [-0.4, -0.2) is 20.9 Å². The molecule has 0 aromatic carbocycles.